The van der Waals surface area contributed by atoms with Crippen molar-refractivity contribution in [2.45, 2.75) is 122 Å². The SMILES string of the molecule is CCCCCCCCCCCCCCCCCCOC([O])CCO. The van der Waals surface area contributed by atoms with Gasteiger partial charge in [0.05, 0.1) is 0 Å². The molecule has 1 atom stereocenters. The quantitative estimate of drug-likeness (QED) is 0.205. The molecule has 0 rings (SSSR count). The van der Waals surface area contributed by atoms with Gasteiger partial charge in [-0.1, -0.05) is 103 Å². The lowest BCUT2D eigenvalue weighted by Gasteiger charge is -2.08. The fourth-order valence-electron chi connectivity index (χ4n) is 3.05. The number of ether oxygens (including phenoxy) is 1. The minimum atomic E-state index is -1.04. The number of aliphatic hydroxyl groups is 1. The van der Waals surface area contributed by atoms with Crippen molar-refractivity contribution in [3.8, 4) is 0 Å². The van der Waals surface area contributed by atoms with Crippen LogP contribution in [-0.4, -0.2) is 24.6 Å². The van der Waals surface area contributed by atoms with Gasteiger partial charge in [-0.25, -0.2) is 5.11 Å². The summed E-state index contributed by atoms with van der Waals surface area (Å²) in [5.41, 5.74) is 0. The highest BCUT2D eigenvalue weighted by Crippen LogP contribution is 2.13. The average molecular weight is 344 g/mol. The maximum absolute atomic E-state index is 11.1. The maximum Gasteiger partial charge on any atom is 0.193 e. The number of hydrogen-bond acceptors (Lipinski definition) is 2. The van der Waals surface area contributed by atoms with Crippen LogP contribution < -0.4 is 0 Å². The monoisotopic (exact) mass is 343 g/mol. The van der Waals surface area contributed by atoms with Gasteiger partial charge in [0.15, 0.2) is 6.29 Å². The molecule has 3 heteroatoms. The molecule has 0 aliphatic heterocycles. The smallest absolute Gasteiger partial charge is 0.193 e. The lowest BCUT2D eigenvalue weighted by atomic mass is 10.0. The third kappa shape index (κ3) is 19.9. The molecule has 0 aliphatic rings. The van der Waals surface area contributed by atoms with Crippen molar-refractivity contribution in [2.75, 3.05) is 13.2 Å². The van der Waals surface area contributed by atoms with E-state index in [-0.39, 0.29) is 13.0 Å². The summed E-state index contributed by atoms with van der Waals surface area (Å²) in [7, 11) is 0. The molecule has 0 aromatic carbocycles. The standard InChI is InChI=1S/C21H43O3/c1-2-3-4-5-6-7-8-9-10-11-12-13-14-15-16-17-20-24-21(23)18-19-22/h21-22H,2-20H2,1H3. The molecule has 0 saturated carbocycles. The molecule has 0 bridgehead atoms. The highest BCUT2D eigenvalue weighted by molar-refractivity contribution is 4.50. The lowest BCUT2D eigenvalue weighted by Crippen LogP contribution is -2.12. The van der Waals surface area contributed by atoms with E-state index in [0.717, 1.165) is 12.8 Å². The fourth-order valence-corrected chi connectivity index (χ4v) is 3.05. The number of rotatable bonds is 20. The second kappa shape index (κ2) is 20.9. The van der Waals surface area contributed by atoms with Gasteiger partial charge in [0, 0.05) is 19.6 Å². The summed E-state index contributed by atoms with van der Waals surface area (Å²) in [4.78, 5) is 0. The molecule has 1 unspecified atom stereocenters. The molecule has 0 aromatic rings. The molecule has 24 heavy (non-hydrogen) atoms. The summed E-state index contributed by atoms with van der Waals surface area (Å²) in [6.45, 7) is 2.75. The average Bonchev–Trinajstić information content (AvgIpc) is 2.58. The number of hydrogen-bond donors (Lipinski definition) is 1. The molecule has 0 spiro atoms. The van der Waals surface area contributed by atoms with Crippen molar-refractivity contribution in [2.24, 2.45) is 0 Å². The molecule has 0 heterocycles. The molecule has 1 N–H and O–H groups in total. The predicted molar refractivity (Wildman–Crippen MR) is 102 cm³/mol. The summed E-state index contributed by atoms with van der Waals surface area (Å²) in [5, 5.41) is 19.7. The van der Waals surface area contributed by atoms with E-state index in [1.54, 1.807) is 0 Å². The Labute approximate surface area is 151 Å². The Hall–Kier alpha value is -0.120. The number of aliphatic hydroxyl groups excluding tert-OH is 1. The van der Waals surface area contributed by atoms with Crippen LogP contribution in [0.1, 0.15) is 116 Å². The van der Waals surface area contributed by atoms with Gasteiger partial charge in [0.25, 0.3) is 0 Å². The zero-order valence-electron chi connectivity index (χ0n) is 16.3. The second-order valence-electron chi connectivity index (χ2n) is 7.12. The molecule has 1 radical (unpaired) electrons. The summed E-state index contributed by atoms with van der Waals surface area (Å²) in [6.07, 6.45) is 20.8. The third-order valence-electron chi connectivity index (χ3n) is 4.67. The van der Waals surface area contributed by atoms with Gasteiger partial charge in [-0.05, 0) is 6.42 Å². The van der Waals surface area contributed by atoms with E-state index < -0.39 is 6.29 Å². The van der Waals surface area contributed by atoms with Gasteiger partial charge in [-0.2, -0.15) is 0 Å². The first-order valence-corrected chi connectivity index (χ1v) is 10.7. The molecule has 145 valence electrons. The van der Waals surface area contributed by atoms with Crippen molar-refractivity contribution in [1.29, 1.82) is 0 Å². The zero-order chi connectivity index (χ0) is 17.7. The van der Waals surface area contributed by atoms with E-state index in [4.69, 9.17) is 9.84 Å². The molecule has 3 nitrogen and oxygen atoms in total. The summed E-state index contributed by atoms with van der Waals surface area (Å²) in [5.74, 6) is 0. The van der Waals surface area contributed by atoms with Crippen molar-refractivity contribution in [3.05, 3.63) is 0 Å². The first-order chi connectivity index (χ1) is 11.8. The van der Waals surface area contributed by atoms with Crippen LogP contribution in [0.15, 0.2) is 0 Å². The van der Waals surface area contributed by atoms with Crippen LogP contribution in [0.25, 0.3) is 0 Å². The minimum absolute atomic E-state index is 0.0763. The lowest BCUT2D eigenvalue weighted by molar-refractivity contribution is -0.148. The van der Waals surface area contributed by atoms with Crippen LogP contribution >= 0.6 is 0 Å². The fraction of sp³-hybridized carbons (Fsp3) is 1.00. The van der Waals surface area contributed by atoms with Gasteiger partial charge in [0.1, 0.15) is 0 Å². The zero-order valence-corrected chi connectivity index (χ0v) is 16.3. The molecular weight excluding hydrogens is 300 g/mol. The molecule has 0 fully saturated rings. The van der Waals surface area contributed by atoms with E-state index >= 15 is 0 Å². The van der Waals surface area contributed by atoms with Crippen LogP contribution in [0.3, 0.4) is 0 Å². The van der Waals surface area contributed by atoms with Crippen molar-refractivity contribution >= 4 is 0 Å². The predicted octanol–water partition coefficient (Wildman–Crippen LogP) is 6.40. The Bertz CT molecular complexity index is 221. The molecule has 0 aliphatic carbocycles. The maximum atomic E-state index is 11.1. The Morgan fingerprint density at radius 2 is 1.04 bits per heavy atom. The van der Waals surface area contributed by atoms with E-state index in [2.05, 4.69) is 6.92 Å². The minimum Gasteiger partial charge on any atom is -0.396 e. The Balaban J connectivity index is 3.00. The van der Waals surface area contributed by atoms with Gasteiger partial charge in [0.2, 0.25) is 0 Å². The Morgan fingerprint density at radius 3 is 1.42 bits per heavy atom. The largest absolute Gasteiger partial charge is 0.396 e. The number of unbranched alkanes of at least 4 members (excludes halogenated alkanes) is 15. The van der Waals surface area contributed by atoms with Gasteiger partial charge >= 0.3 is 0 Å². The Morgan fingerprint density at radius 1 is 0.667 bits per heavy atom. The van der Waals surface area contributed by atoms with Gasteiger partial charge in [-0.15, -0.1) is 0 Å². The van der Waals surface area contributed by atoms with Crippen LogP contribution in [0.5, 0.6) is 0 Å². The normalized spacial score (nSPS) is 12.6. The van der Waals surface area contributed by atoms with E-state index in [0.29, 0.717) is 6.61 Å². The van der Waals surface area contributed by atoms with Crippen LogP contribution in [0, 0.1) is 0 Å². The van der Waals surface area contributed by atoms with E-state index in [9.17, 15) is 5.11 Å². The van der Waals surface area contributed by atoms with E-state index in [1.165, 1.54) is 89.9 Å². The van der Waals surface area contributed by atoms with Gasteiger partial charge in [-0.3, -0.25) is 0 Å². The van der Waals surface area contributed by atoms with Crippen molar-refractivity contribution in [1.82, 2.24) is 0 Å². The summed E-state index contributed by atoms with van der Waals surface area (Å²) >= 11 is 0. The van der Waals surface area contributed by atoms with Crippen LogP contribution in [0.2, 0.25) is 0 Å². The molecular formula is C21H43O3. The molecule has 0 saturated heterocycles. The van der Waals surface area contributed by atoms with E-state index in [1.807, 2.05) is 0 Å². The first-order valence-electron chi connectivity index (χ1n) is 10.7. The highest BCUT2D eigenvalue weighted by Gasteiger charge is 2.03. The molecule has 0 aromatic heterocycles. The molecule has 0 amide bonds. The third-order valence-corrected chi connectivity index (χ3v) is 4.67. The topological polar surface area (TPSA) is 49.4 Å². The van der Waals surface area contributed by atoms with Crippen molar-refractivity contribution < 1.29 is 14.9 Å². The first kappa shape index (κ1) is 23.9. The second-order valence-corrected chi connectivity index (χ2v) is 7.12. The van der Waals surface area contributed by atoms with Gasteiger partial charge < -0.3 is 9.84 Å². The highest BCUT2D eigenvalue weighted by atomic mass is 16.6. The van der Waals surface area contributed by atoms with Crippen LogP contribution in [0.4, 0.5) is 0 Å². The summed E-state index contributed by atoms with van der Waals surface area (Å²) < 4.78 is 5.09. The van der Waals surface area contributed by atoms with Crippen LogP contribution in [-0.2, 0) is 9.84 Å². The Kier molecular flexibility index (Phi) is 20.8. The summed E-state index contributed by atoms with van der Waals surface area (Å²) in [6, 6.07) is 0. The van der Waals surface area contributed by atoms with Crippen molar-refractivity contribution in [3.63, 3.8) is 0 Å².